The smallest absolute Gasteiger partial charge is 0.245 e. The summed E-state index contributed by atoms with van der Waals surface area (Å²) < 4.78 is 5.86. The fraction of sp³-hybridized carbons (Fsp3) is 0.529. The van der Waals surface area contributed by atoms with Crippen LogP contribution >= 0.6 is 0 Å². The summed E-state index contributed by atoms with van der Waals surface area (Å²) in [6, 6.07) is 5.68. The van der Waals surface area contributed by atoms with Crippen molar-refractivity contribution in [1.29, 1.82) is 0 Å². The third-order valence-electron chi connectivity index (χ3n) is 5.76. The molecule has 0 radical (unpaired) electrons. The molecule has 6 nitrogen and oxygen atoms in total. The van der Waals surface area contributed by atoms with Gasteiger partial charge in [0.15, 0.2) is 0 Å². The number of H-pyrrole nitrogens is 1. The predicted octanol–water partition coefficient (Wildman–Crippen LogP) is 2.03. The number of carbonyl (C=O) groups is 1. The summed E-state index contributed by atoms with van der Waals surface area (Å²) in [6.45, 7) is 4.81. The minimum Gasteiger partial charge on any atom is -0.377 e. The number of nitrogens with zero attached hydrogens (tertiary/aromatic N) is 1. The number of anilines is 1. The Morgan fingerprint density at radius 3 is 3.13 bits per heavy atom. The topological polar surface area (TPSA) is 93.0 Å². The summed E-state index contributed by atoms with van der Waals surface area (Å²) in [5.41, 5.74) is 6.95. The van der Waals surface area contributed by atoms with Crippen LogP contribution in [0.4, 0.5) is 5.69 Å². The van der Waals surface area contributed by atoms with Crippen LogP contribution in [0.2, 0.25) is 0 Å². The van der Waals surface area contributed by atoms with E-state index in [1.807, 2.05) is 32.0 Å². The number of nitrogens with one attached hydrogen (secondary N) is 2. The van der Waals surface area contributed by atoms with Crippen molar-refractivity contribution in [3.05, 3.63) is 24.4 Å². The molecule has 1 aromatic heterocycles. The van der Waals surface area contributed by atoms with Gasteiger partial charge in [0.1, 0.15) is 5.54 Å². The first-order valence-corrected chi connectivity index (χ1v) is 8.09. The van der Waals surface area contributed by atoms with E-state index in [1.165, 1.54) is 0 Å². The van der Waals surface area contributed by atoms with Crippen molar-refractivity contribution in [1.82, 2.24) is 10.2 Å². The Hall–Kier alpha value is -1.92. The Kier molecular flexibility index (Phi) is 3.05. The number of fused-ring (bicyclic) bond motifs is 2. The number of amides is 1. The number of carbonyl (C=O) groups excluding carboxylic acids is 1. The van der Waals surface area contributed by atoms with Crippen LogP contribution in [0.3, 0.4) is 0 Å². The van der Waals surface area contributed by atoms with Crippen molar-refractivity contribution in [2.45, 2.75) is 38.3 Å². The van der Waals surface area contributed by atoms with Crippen LogP contribution in [0.15, 0.2) is 24.4 Å². The highest BCUT2D eigenvalue weighted by atomic mass is 16.5. The van der Waals surface area contributed by atoms with Gasteiger partial charge >= 0.3 is 0 Å². The van der Waals surface area contributed by atoms with Crippen molar-refractivity contribution in [3.8, 4) is 0 Å². The first kappa shape index (κ1) is 14.7. The van der Waals surface area contributed by atoms with E-state index in [0.29, 0.717) is 0 Å². The van der Waals surface area contributed by atoms with E-state index >= 15 is 0 Å². The van der Waals surface area contributed by atoms with Crippen molar-refractivity contribution >= 4 is 22.5 Å². The number of hydrogen-bond acceptors (Lipinski definition) is 4. The fourth-order valence-corrected chi connectivity index (χ4v) is 4.29. The van der Waals surface area contributed by atoms with Crippen molar-refractivity contribution < 1.29 is 9.53 Å². The van der Waals surface area contributed by atoms with Gasteiger partial charge in [-0.3, -0.25) is 9.89 Å². The van der Waals surface area contributed by atoms with E-state index in [4.69, 9.17) is 10.5 Å². The molecule has 2 aliphatic rings. The molecule has 1 saturated heterocycles. The summed E-state index contributed by atoms with van der Waals surface area (Å²) in [5.74, 6) is -0.0461. The molecule has 6 heteroatoms. The van der Waals surface area contributed by atoms with Gasteiger partial charge in [-0.25, -0.2) is 0 Å². The first-order valence-electron chi connectivity index (χ1n) is 8.09. The maximum Gasteiger partial charge on any atom is 0.245 e. The molecule has 4 N–H and O–H groups in total. The SMILES string of the molecule is CC1(C)C2OCCCC2C1(N)C(=O)Nc1ccc2cn[nH]c2c1. The van der Waals surface area contributed by atoms with Crippen LogP contribution in [0.25, 0.3) is 10.9 Å². The summed E-state index contributed by atoms with van der Waals surface area (Å²) >= 11 is 0. The molecule has 23 heavy (non-hydrogen) atoms. The number of benzene rings is 1. The highest BCUT2D eigenvalue weighted by Crippen LogP contribution is 2.57. The average Bonchev–Trinajstić information content (AvgIpc) is 3.01. The molecule has 2 fully saturated rings. The average molecular weight is 314 g/mol. The van der Waals surface area contributed by atoms with Gasteiger partial charge in [-0.2, -0.15) is 5.10 Å². The molecule has 3 unspecified atom stereocenters. The lowest BCUT2D eigenvalue weighted by molar-refractivity contribution is -0.222. The van der Waals surface area contributed by atoms with E-state index in [2.05, 4.69) is 15.5 Å². The highest BCUT2D eigenvalue weighted by molar-refractivity contribution is 6.01. The number of aromatic amines is 1. The van der Waals surface area contributed by atoms with E-state index in [-0.39, 0.29) is 23.3 Å². The van der Waals surface area contributed by atoms with Crippen LogP contribution in [0.5, 0.6) is 0 Å². The Bertz CT molecular complexity index is 769. The predicted molar refractivity (Wildman–Crippen MR) is 87.9 cm³/mol. The van der Waals surface area contributed by atoms with Gasteiger partial charge in [0.05, 0.1) is 17.8 Å². The van der Waals surface area contributed by atoms with Gasteiger partial charge in [0, 0.05) is 29.0 Å². The maximum absolute atomic E-state index is 12.9. The normalized spacial score (nSPS) is 32.1. The second-order valence-corrected chi connectivity index (χ2v) is 7.26. The molecule has 1 aromatic carbocycles. The zero-order valence-electron chi connectivity index (χ0n) is 13.4. The zero-order valence-corrected chi connectivity index (χ0v) is 13.4. The number of ether oxygens (including phenoxy) is 1. The Morgan fingerprint density at radius 1 is 1.48 bits per heavy atom. The largest absolute Gasteiger partial charge is 0.377 e. The first-order chi connectivity index (χ1) is 10.9. The zero-order chi connectivity index (χ0) is 16.2. The number of hydrogen-bond donors (Lipinski definition) is 3. The second-order valence-electron chi connectivity index (χ2n) is 7.26. The van der Waals surface area contributed by atoms with Crippen LogP contribution in [0, 0.1) is 11.3 Å². The van der Waals surface area contributed by atoms with E-state index < -0.39 is 5.54 Å². The van der Waals surface area contributed by atoms with Crippen LogP contribution in [-0.2, 0) is 9.53 Å². The quantitative estimate of drug-likeness (QED) is 0.791. The molecule has 2 heterocycles. The van der Waals surface area contributed by atoms with Gasteiger partial charge in [-0.05, 0) is 31.0 Å². The fourth-order valence-electron chi connectivity index (χ4n) is 4.29. The molecular weight excluding hydrogens is 292 g/mol. The Balaban J connectivity index is 1.60. The van der Waals surface area contributed by atoms with Crippen LogP contribution in [-0.4, -0.2) is 34.4 Å². The molecule has 1 amide bonds. The molecule has 1 saturated carbocycles. The molecule has 2 aromatic rings. The second kappa shape index (κ2) is 4.79. The van der Waals surface area contributed by atoms with Crippen molar-refractivity contribution in [2.24, 2.45) is 17.1 Å². The lowest BCUT2D eigenvalue weighted by atomic mass is 9.46. The number of aromatic nitrogens is 2. The molecule has 0 spiro atoms. The minimum absolute atomic E-state index is 0.0714. The van der Waals surface area contributed by atoms with E-state index in [1.54, 1.807) is 6.20 Å². The van der Waals surface area contributed by atoms with Crippen molar-refractivity contribution in [3.63, 3.8) is 0 Å². The maximum atomic E-state index is 12.9. The van der Waals surface area contributed by atoms with Gasteiger partial charge in [0.2, 0.25) is 5.91 Å². The molecule has 1 aliphatic heterocycles. The molecule has 122 valence electrons. The Labute approximate surface area is 134 Å². The summed E-state index contributed by atoms with van der Waals surface area (Å²) in [5, 5.41) is 10.9. The summed E-state index contributed by atoms with van der Waals surface area (Å²) in [6.07, 6.45) is 3.73. The minimum atomic E-state index is -0.902. The molecule has 0 bridgehead atoms. The van der Waals surface area contributed by atoms with Gasteiger partial charge in [-0.1, -0.05) is 13.8 Å². The van der Waals surface area contributed by atoms with Crippen LogP contribution in [0.1, 0.15) is 26.7 Å². The number of rotatable bonds is 2. The van der Waals surface area contributed by atoms with Crippen LogP contribution < -0.4 is 11.1 Å². The summed E-state index contributed by atoms with van der Waals surface area (Å²) in [4.78, 5) is 12.9. The Morgan fingerprint density at radius 2 is 2.30 bits per heavy atom. The van der Waals surface area contributed by atoms with E-state index in [0.717, 1.165) is 36.0 Å². The number of nitrogens with two attached hydrogens (primary N) is 1. The molecule has 4 rings (SSSR count). The van der Waals surface area contributed by atoms with E-state index in [9.17, 15) is 4.79 Å². The van der Waals surface area contributed by atoms with Crippen molar-refractivity contribution in [2.75, 3.05) is 11.9 Å². The molecular formula is C17H22N4O2. The van der Waals surface area contributed by atoms with Gasteiger partial charge in [-0.15, -0.1) is 0 Å². The monoisotopic (exact) mass is 314 g/mol. The summed E-state index contributed by atoms with van der Waals surface area (Å²) in [7, 11) is 0. The lowest BCUT2D eigenvalue weighted by Crippen LogP contribution is -2.81. The third-order valence-corrected chi connectivity index (χ3v) is 5.76. The highest BCUT2D eigenvalue weighted by Gasteiger charge is 2.70. The van der Waals surface area contributed by atoms with Gasteiger partial charge in [0.25, 0.3) is 0 Å². The standard InChI is InChI=1S/C17H22N4O2/c1-16(2)14-12(4-3-7-23-14)17(16,18)15(22)20-11-6-5-10-9-19-21-13(10)8-11/h5-6,8-9,12,14H,3-4,7,18H2,1-2H3,(H,19,21)(H,20,22). The van der Waals surface area contributed by atoms with Gasteiger partial charge < -0.3 is 15.8 Å². The lowest BCUT2D eigenvalue weighted by Gasteiger charge is -2.65. The third kappa shape index (κ3) is 1.88. The molecule has 1 aliphatic carbocycles. The molecule has 3 atom stereocenters.